The summed E-state index contributed by atoms with van der Waals surface area (Å²) in [7, 11) is 0. The quantitative estimate of drug-likeness (QED) is 0.126. The van der Waals surface area contributed by atoms with Crippen LogP contribution in [0.4, 0.5) is 0 Å². The fourth-order valence-corrected chi connectivity index (χ4v) is 5.89. The molecule has 7 unspecified atom stereocenters. The van der Waals surface area contributed by atoms with Crippen molar-refractivity contribution in [3.8, 4) is 0 Å². The van der Waals surface area contributed by atoms with Crippen molar-refractivity contribution >= 4 is 0 Å². The summed E-state index contributed by atoms with van der Waals surface area (Å²) in [4.78, 5) is 0. The summed E-state index contributed by atoms with van der Waals surface area (Å²) >= 11 is 0. The highest BCUT2D eigenvalue weighted by molar-refractivity contribution is 5.16. The molecule has 5 rings (SSSR count). The van der Waals surface area contributed by atoms with Gasteiger partial charge in [0.15, 0.2) is 0 Å². The smallest absolute Gasteiger partial charge is 0.115 e. The number of aliphatic hydroxyl groups is 2. The van der Waals surface area contributed by atoms with Crippen LogP contribution in [0.15, 0.2) is 121 Å². The summed E-state index contributed by atoms with van der Waals surface area (Å²) in [6, 6.07) is 40.3. The summed E-state index contributed by atoms with van der Waals surface area (Å²) in [5.74, 6) is 0. The van der Waals surface area contributed by atoms with Gasteiger partial charge in [0.2, 0.25) is 0 Å². The second-order valence-corrected chi connectivity index (χ2v) is 12.2. The summed E-state index contributed by atoms with van der Waals surface area (Å²) in [5.41, 5.74) is 4.23. The van der Waals surface area contributed by atoms with E-state index >= 15 is 0 Å². The van der Waals surface area contributed by atoms with E-state index in [1.54, 1.807) is 6.92 Å². The first-order valence-electron chi connectivity index (χ1n) is 16.7. The zero-order chi connectivity index (χ0) is 32.7. The third-order valence-electron chi connectivity index (χ3n) is 8.52. The van der Waals surface area contributed by atoms with Crippen molar-refractivity contribution in [2.24, 2.45) is 0 Å². The number of rotatable bonds is 18. The summed E-state index contributed by atoms with van der Waals surface area (Å²) in [6.07, 6.45) is -2.15. The molecule has 1 aliphatic heterocycles. The van der Waals surface area contributed by atoms with Crippen LogP contribution >= 0.6 is 0 Å². The second kappa shape index (κ2) is 18.8. The van der Waals surface area contributed by atoms with E-state index in [0.717, 1.165) is 22.3 Å². The standard InChI is InChI=1S/C40H48O7/c1-30(41)35(42)23-14-24-36-38(44-26-32-17-8-3-9-18-32)40(46-28-34-21-12-5-13-22-34)39(45-27-33-19-10-4-11-20-33)37(47-36)29-43-25-31-15-6-2-7-16-31/h2-13,15-22,30,35-42H,14,23-29H2,1H3. The van der Waals surface area contributed by atoms with Gasteiger partial charge in [-0.3, -0.25) is 0 Å². The average Bonchev–Trinajstić information content (AvgIpc) is 3.11. The van der Waals surface area contributed by atoms with E-state index < -0.39 is 36.6 Å². The molecular weight excluding hydrogens is 592 g/mol. The number of aliphatic hydroxyl groups excluding tert-OH is 2. The van der Waals surface area contributed by atoms with Gasteiger partial charge in [-0.2, -0.15) is 0 Å². The lowest BCUT2D eigenvalue weighted by Crippen LogP contribution is -2.61. The molecule has 0 radical (unpaired) electrons. The van der Waals surface area contributed by atoms with Crippen LogP contribution in [0.25, 0.3) is 0 Å². The maximum atomic E-state index is 10.3. The minimum Gasteiger partial charge on any atom is -0.391 e. The molecule has 4 aromatic carbocycles. The van der Waals surface area contributed by atoms with E-state index in [2.05, 4.69) is 0 Å². The molecule has 1 fully saturated rings. The monoisotopic (exact) mass is 640 g/mol. The molecule has 47 heavy (non-hydrogen) atoms. The van der Waals surface area contributed by atoms with Crippen molar-refractivity contribution in [1.29, 1.82) is 0 Å². The molecule has 2 N–H and O–H groups in total. The number of ether oxygens (including phenoxy) is 5. The molecular formula is C40H48O7. The van der Waals surface area contributed by atoms with E-state index in [4.69, 9.17) is 23.7 Å². The Morgan fingerprint density at radius 2 is 0.957 bits per heavy atom. The molecule has 0 saturated carbocycles. The fourth-order valence-electron chi connectivity index (χ4n) is 5.89. The van der Waals surface area contributed by atoms with Crippen LogP contribution < -0.4 is 0 Å². The Balaban J connectivity index is 1.42. The SMILES string of the molecule is CC(O)C(O)CCCC1OC(COCc2ccccc2)C(OCc2ccccc2)C(OCc2ccccc2)C1OCc1ccccc1. The number of hydrogen-bond acceptors (Lipinski definition) is 7. The lowest BCUT2D eigenvalue weighted by atomic mass is 9.91. The Bertz CT molecular complexity index is 1390. The zero-order valence-electron chi connectivity index (χ0n) is 27.2. The maximum absolute atomic E-state index is 10.3. The highest BCUT2D eigenvalue weighted by Gasteiger charge is 2.48. The third-order valence-corrected chi connectivity index (χ3v) is 8.52. The van der Waals surface area contributed by atoms with Gasteiger partial charge in [0.05, 0.1) is 51.3 Å². The fraction of sp³-hybridized carbons (Fsp3) is 0.400. The molecule has 1 saturated heterocycles. The van der Waals surface area contributed by atoms with E-state index in [1.165, 1.54) is 0 Å². The molecule has 1 aliphatic rings. The first-order valence-corrected chi connectivity index (χ1v) is 16.7. The van der Waals surface area contributed by atoms with Crippen LogP contribution in [0, 0.1) is 0 Å². The first kappa shape index (κ1) is 34.9. The van der Waals surface area contributed by atoms with Crippen LogP contribution in [0.1, 0.15) is 48.4 Å². The van der Waals surface area contributed by atoms with Crippen molar-refractivity contribution in [3.63, 3.8) is 0 Å². The topological polar surface area (TPSA) is 86.6 Å². The van der Waals surface area contributed by atoms with Crippen LogP contribution in [0.2, 0.25) is 0 Å². The molecule has 7 nitrogen and oxygen atoms in total. The molecule has 7 heteroatoms. The van der Waals surface area contributed by atoms with Gasteiger partial charge < -0.3 is 33.9 Å². The first-order chi connectivity index (χ1) is 23.1. The van der Waals surface area contributed by atoms with Crippen molar-refractivity contribution in [2.75, 3.05) is 6.61 Å². The molecule has 0 spiro atoms. The molecule has 0 amide bonds. The van der Waals surface area contributed by atoms with Gasteiger partial charge in [-0.05, 0) is 48.4 Å². The van der Waals surface area contributed by atoms with Crippen LogP contribution in [0.3, 0.4) is 0 Å². The normalized spacial score (nSPS) is 22.5. The van der Waals surface area contributed by atoms with Gasteiger partial charge in [0, 0.05) is 0 Å². The van der Waals surface area contributed by atoms with Crippen molar-refractivity contribution in [1.82, 2.24) is 0 Å². The van der Waals surface area contributed by atoms with Crippen LogP contribution in [0.5, 0.6) is 0 Å². The van der Waals surface area contributed by atoms with Crippen LogP contribution in [-0.2, 0) is 50.1 Å². The van der Waals surface area contributed by atoms with E-state index in [-0.39, 0.29) is 6.10 Å². The summed E-state index contributed by atoms with van der Waals surface area (Å²) in [6.45, 7) is 3.50. The largest absolute Gasteiger partial charge is 0.391 e. The van der Waals surface area contributed by atoms with Gasteiger partial charge in [0.1, 0.15) is 24.4 Å². The molecule has 4 aromatic rings. The van der Waals surface area contributed by atoms with E-state index in [0.29, 0.717) is 52.3 Å². The Hall–Kier alpha value is -3.40. The Morgan fingerprint density at radius 1 is 0.553 bits per heavy atom. The van der Waals surface area contributed by atoms with Crippen LogP contribution in [-0.4, -0.2) is 59.5 Å². The minimum absolute atomic E-state index is 0.303. The highest BCUT2D eigenvalue weighted by atomic mass is 16.6. The highest BCUT2D eigenvalue weighted by Crippen LogP contribution is 2.33. The second-order valence-electron chi connectivity index (χ2n) is 12.2. The Morgan fingerprint density at radius 3 is 1.40 bits per heavy atom. The number of hydrogen-bond donors (Lipinski definition) is 2. The summed E-state index contributed by atoms with van der Waals surface area (Å²) in [5, 5.41) is 20.2. The molecule has 0 bridgehead atoms. The lowest BCUT2D eigenvalue weighted by molar-refractivity contribution is -0.273. The van der Waals surface area contributed by atoms with Gasteiger partial charge in [-0.15, -0.1) is 0 Å². The Labute approximate surface area is 279 Å². The van der Waals surface area contributed by atoms with Crippen molar-refractivity contribution < 1.29 is 33.9 Å². The van der Waals surface area contributed by atoms with Gasteiger partial charge >= 0.3 is 0 Å². The molecule has 0 aromatic heterocycles. The Kier molecular flexibility index (Phi) is 14.0. The molecule has 7 atom stereocenters. The van der Waals surface area contributed by atoms with Gasteiger partial charge in [-0.1, -0.05) is 121 Å². The van der Waals surface area contributed by atoms with Crippen molar-refractivity contribution in [2.45, 2.75) is 95.3 Å². The molecule has 1 heterocycles. The summed E-state index contributed by atoms with van der Waals surface area (Å²) < 4.78 is 33.3. The molecule has 0 aliphatic carbocycles. The maximum Gasteiger partial charge on any atom is 0.115 e. The lowest BCUT2D eigenvalue weighted by Gasteiger charge is -2.46. The van der Waals surface area contributed by atoms with Gasteiger partial charge in [0.25, 0.3) is 0 Å². The van der Waals surface area contributed by atoms with E-state index in [9.17, 15) is 10.2 Å². The third kappa shape index (κ3) is 11.1. The minimum atomic E-state index is -0.806. The zero-order valence-corrected chi connectivity index (χ0v) is 27.2. The average molecular weight is 641 g/mol. The molecule has 250 valence electrons. The predicted molar refractivity (Wildman–Crippen MR) is 181 cm³/mol. The predicted octanol–water partition coefficient (Wildman–Crippen LogP) is 6.64. The van der Waals surface area contributed by atoms with Gasteiger partial charge in [-0.25, -0.2) is 0 Å². The van der Waals surface area contributed by atoms with Crippen molar-refractivity contribution in [3.05, 3.63) is 144 Å². The number of benzene rings is 4. The van der Waals surface area contributed by atoms with E-state index in [1.807, 2.05) is 121 Å².